The molecule has 17 nitrogen and oxygen atoms in total. The van der Waals surface area contributed by atoms with Crippen molar-refractivity contribution in [3.05, 3.63) is 205 Å². The van der Waals surface area contributed by atoms with Crippen molar-refractivity contribution in [2.24, 2.45) is 19.1 Å². The normalized spacial score (nSPS) is 12.1. The molecule has 0 saturated carbocycles. The summed E-state index contributed by atoms with van der Waals surface area (Å²) in [6, 6.07) is 25.5. The van der Waals surface area contributed by atoms with Crippen molar-refractivity contribution in [1.82, 2.24) is 49.1 Å². The van der Waals surface area contributed by atoms with E-state index in [1.165, 1.54) is 54.7 Å². The number of hydrogen-bond donors (Lipinski definition) is 0. The first-order chi connectivity index (χ1) is 38.5. The zero-order chi connectivity index (χ0) is 56.4. The van der Waals surface area contributed by atoms with Crippen LogP contribution in [0.3, 0.4) is 0 Å². The third-order valence-electron chi connectivity index (χ3n) is 13.1. The quantitative estimate of drug-likeness (QED) is 0.0882. The zero-order valence-electron chi connectivity index (χ0n) is 44.1. The molecule has 11 rings (SSSR count). The number of Topliss-reactive ketones (excluding diaryl/α,β-unsaturated/α-hetero) is 2. The van der Waals surface area contributed by atoms with Crippen LogP contribution in [0.2, 0.25) is 0 Å². The van der Waals surface area contributed by atoms with Gasteiger partial charge in [0.15, 0.2) is 23.0 Å². The van der Waals surface area contributed by atoms with E-state index in [4.69, 9.17) is 9.47 Å². The average molecular weight is 1140 g/mol. The van der Waals surface area contributed by atoms with Crippen LogP contribution in [0.25, 0.3) is 49.6 Å². The second-order valence-electron chi connectivity index (χ2n) is 19.4. The molecule has 0 aliphatic carbocycles. The number of nitrogens with zero attached hydrogens (tertiary/aromatic N) is 11. The summed E-state index contributed by atoms with van der Waals surface area (Å²) in [4.78, 5) is 66.1. The number of benzene rings is 4. The van der Waals surface area contributed by atoms with Gasteiger partial charge in [0.25, 0.3) is 0 Å². The molecule has 402 valence electrons. The molecule has 7 heterocycles. The van der Waals surface area contributed by atoms with Crippen LogP contribution in [-0.2, 0) is 26.9 Å². The second-order valence-corrected chi connectivity index (χ2v) is 20.3. The molecule has 0 bridgehead atoms. The van der Waals surface area contributed by atoms with Gasteiger partial charge in [-0.2, -0.15) is 20.4 Å². The topological polar surface area (TPSA) is 196 Å². The number of pyridine rings is 2. The Morgan fingerprint density at radius 1 is 0.600 bits per heavy atom. The van der Waals surface area contributed by atoms with Gasteiger partial charge in [-0.3, -0.25) is 52.9 Å². The molecule has 80 heavy (non-hydrogen) atoms. The summed E-state index contributed by atoms with van der Waals surface area (Å²) in [6.07, 6.45) is 13.4. The Bertz CT molecular complexity index is 4190. The minimum absolute atomic E-state index is 0.0962. The summed E-state index contributed by atoms with van der Waals surface area (Å²) >= 11 is 3.53. The third-order valence-corrected chi connectivity index (χ3v) is 13.7. The lowest BCUT2D eigenvalue weighted by molar-refractivity contribution is 0.0975. The van der Waals surface area contributed by atoms with Crippen molar-refractivity contribution in [1.29, 1.82) is 0 Å². The molecule has 0 saturated heterocycles. The fourth-order valence-corrected chi connectivity index (χ4v) is 9.15. The smallest absolute Gasteiger partial charge is 0.219 e. The van der Waals surface area contributed by atoms with E-state index < -0.39 is 34.1 Å². The molecule has 0 radical (unpaired) electrons. The molecule has 1 aliphatic rings. The van der Waals surface area contributed by atoms with Gasteiger partial charge in [0.1, 0.15) is 34.6 Å². The fraction of sp³-hybridized carbons (Fsp3) is 0.183. The van der Waals surface area contributed by atoms with Crippen LogP contribution in [0.1, 0.15) is 77.7 Å². The maximum Gasteiger partial charge on any atom is 0.219 e. The van der Waals surface area contributed by atoms with Crippen LogP contribution >= 0.6 is 15.9 Å². The van der Waals surface area contributed by atoms with Gasteiger partial charge in [-0.15, -0.1) is 0 Å². The first kappa shape index (κ1) is 53.9. The highest BCUT2D eigenvalue weighted by Gasteiger charge is 2.23. The minimum atomic E-state index is -0.508. The number of ketones is 2. The van der Waals surface area contributed by atoms with Crippen LogP contribution in [0.4, 0.5) is 8.78 Å². The number of fused-ring (bicyclic) bond motifs is 2. The number of ether oxygens (including phenoxy) is 2. The molecular formula is C60H50BrF2N11O6. The first-order valence-electron chi connectivity index (χ1n) is 25.3. The minimum Gasteiger partial charge on any atom is -0.455 e. The van der Waals surface area contributed by atoms with Crippen molar-refractivity contribution < 1.29 is 27.8 Å². The molecule has 20 heteroatoms. The van der Waals surface area contributed by atoms with Gasteiger partial charge in [0.2, 0.25) is 10.9 Å². The average Bonchev–Trinajstić information content (AvgIpc) is 4.23. The third kappa shape index (κ3) is 11.7. The summed E-state index contributed by atoms with van der Waals surface area (Å²) in [5.74, 6) is 0.477. The molecular weight excluding hydrogens is 1090 g/mol. The van der Waals surface area contributed by atoms with E-state index in [-0.39, 0.29) is 47.4 Å². The molecule has 1 aliphatic heterocycles. The van der Waals surface area contributed by atoms with Gasteiger partial charge in [0.05, 0.1) is 59.7 Å². The Hall–Kier alpha value is -9.43. The highest BCUT2D eigenvalue weighted by Crippen LogP contribution is 2.36. The number of rotatable bonds is 15. The Balaban J connectivity index is 0.000000181. The number of allylic oxidation sites excluding steroid dienone is 1. The van der Waals surface area contributed by atoms with Gasteiger partial charge >= 0.3 is 0 Å². The number of hydrogen-bond acceptors (Lipinski definition) is 13. The standard InChI is InChI=1S/C32H27FN6O3.C28H23BrFN5O3/c1-19(2)39-18-27(20-4-6-23(33)7-5-20)32(41)31(37-39)29(40)13-24-8-9-25(17-35-24)42-30-12-22-16-36-38(3)28(22)14-26(30)21-10-11-34-15-21;1-16(2)35-15-22(17-4-6-19(30)7-5-17)28(37)27(33-35)25(36)11-20-8-9-21(14-31-20)38-26-10-18-13-32-34(3)24(18)12-23(26)29/h4-10,12,14-19H,11,13H2,1-3H3;4-10,12-16H,11H2,1-3H3. The van der Waals surface area contributed by atoms with E-state index in [0.29, 0.717) is 52.1 Å². The van der Waals surface area contributed by atoms with Crippen LogP contribution in [-0.4, -0.2) is 73.4 Å². The lowest BCUT2D eigenvalue weighted by Gasteiger charge is -2.14. The summed E-state index contributed by atoms with van der Waals surface area (Å²) in [5, 5.41) is 19.1. The summed E-state index contributed by atoms with van der Waals surface area (Å²) in [6.45, 7) is 8.20. The molecule has 0 N–H and O–H groups in total. The monoisotopic (exact) mass is 1140 g/mol. The van der Waals surface area contributed by atoms with Crippen LogP contribution in [0.15, 0.2) is 159 Å². The van der Waals surface area contributed by atoms with E-state index in [0.717, 1.165) is 37.4 Å². The second kappa shape index (κ2) is 22.9. The summed E-state index contributed by atoms with van der Waals surface area (Å²) < 4.78 is 46.6. The number of aryl methyl sites for hydroxylation is 2. The number of aliphatic imine (C=N–C) groups is 1. The van der Waals surface area contributed by atoms with Crippen molar-refractivity contribution in [2.45, 2.75) is 52.6 Å². The Morgan fingerprint density at radius 3 is 1.50 bits per heavy atom. The number of carbonyl (C=O) groups excluding carboxylic acids is 2. The molecule has 0 unspecified atom stereocenters. The molecule has 0 spiro atoms. The van der Waals surface area contributed by atoms with E-state index in [2.05, 4.69) is 51.3 Å². The highest BCUT2D eigenvalue weighted by molar-refractivity contribution is 9.10. The first-order valence-corrected chi connectivity index (χ1v) is 26.1. The van der Waals surface area contributed by atoms with Crippen molar-refractivity contribution >= 4 is 61.1 Å². The van der Waals surface area contributed by atoms with Gasteiger partial charge in [-0.1, -0.05) is 30.3 Å². The Kier molecular flexibility index (Phi) is 15.4. The summed E-state index contributed by atoms with van der Waals surface area (Å²) in [5.41, 5.74) is 4.92. The van der Waals surface area contributed by atoms with Crippen LogP contribution < -0.4 is 20.3 Å². The van der Waals surface area contributed by atoms with Crippen molar-refractivity contribution in [3.8, 4) is 45.3 Å². The van der Waals surface area contributed by atoms with Crippen molar-refractivity contribution in [2.75, 3.05) is 6.54 Å². The maximum atomic E-state index is 13.5. The zero-order valence-corrected chi connectivity index (χ0v) is 45.7. The number of carbonyl (C=O) groups is 2. The molecule has 6 aromatic heterocycles. The number of halogens is 3. The van der Waals surface area contributed by atoms with Gasteiger partial charge in [-0.05, 0) is 128 Å². The van der Waals surface area contributed by atoms with Gasteiger partial charge < -0.3 is 9.47 Å². The van der Waals surface area contributed by atoms with E-state index in [9.17, 15) is 28.0 Å². The lowest BCUT2D eigenvalue weighted by atomic mass is 10.0. The predicted molar refractivity (Wildman–Crippen MR) is 304 cm³/mol. The number of aromatic nitrogens is 10. The van der Waals surface area contributed by atoms with Gasteiger partial charge in [0, 0.05) is 89.2 Å². The predicted octanol–water partition coefficient (Wildman–Crippen LogP) is 11.5. The van der Waals surface area contributed by atoms with Crippen LogP contribution in [0, 0.1) is 11.6 Å². The molecule has 0 fully saturated rings. The van der Waals surface area contributed by atoms with E-state index >= 15 is 0 Å². The van der Waals surface area contributed by atoms with E-state index in [1.54, 1.807) is 69.3 Å². The lowest BCUT2D eigenvalue weighted by Crippen LogP contribution is -2.25. The largest absolute Gasteiger partial charge is 0.455 e. The molecule has 0 amide bonds. The molecule has 10 aromatic rings. The van der Waals surface area contributed by atoms with Crippen molar-refractivity contribution in [3.63, 3.8) is 0 Å². The molecule has 4 aromatic carbocycles. The Labute approximate surface area is 464 Å². The fourth-order valence-electron chi connectivity index (χ4n) is 8.74. The van der Waals surface area contributed by atoms with Crippen LogP contribution in [0.5, 0.6) is 23.0 Å². The SMILES string of the molecule is CC(C)n1cc(-c2ccc(F)cc2)c(=O)c(C(=O)Cc2ccc(Oc3cc4cnn(C)c4cc3Br)cn2)n1.CC(C)n1cc(-c2ccc(F)cc2)c(=O)c(C(=O)Cc2ccc(Oc3cc4cnn(C)c4cc3C3=CCN=C3)cn2)n1. The summed E-state index contributed by atoms with van der Waals surface area (Å²) in [7, 11) is 3.76. The highest BCUT2D eigenvalue weighted by atomic mass is 79.9. The Morgan fingerprint density at radius 2 is 1.06 bits per heavy atom. The molecule has 0 atom stereocenters. The van der Waals surface area contributed by atoms with Gasteiger partial charge in [-0.25, -0.2) is 8.78 Å². The maximum absolute atomic E-state index is 13.5. The van der Waals surface area contributed by atoms with E-state index in [1.807, 2.05) is 83.0 Å².